The number of alkyl halides is 1. The van der Waals surface area contributed by atoms with Gasteiger partial charge in [-0.05, 0) is 38.1 Å². The average Bonchev–Trinajstić information content (AvgIpc) is 3.27. The van der Waals surface area contributed by atoms with E-state index in [-0.39, 0.29) is 0 Å². The van der Waals surface area contributed by atoms with Gasteiger partial charge in [-0.3, -0.25) is 0 Å². The number of rotatable bonds is 11. The Bertz CT molecular complexity index is 235. The van der Waals surface area contributed by atoms with Crippen LogP contribution in [-0.2, 0) is 0 Å². The smallest absolute Gasteiger partial charge is 0.0110 e. The lowest BCUT2D eigenvalue weighted by molar-refractivity contribution is 0.127. The maximum Gasteiger partial charge on any atom is 0.0110 e. The summed E-state index contributed by atoms with van der Waals surface area (Å²) in [7, 11) is 0. The molecule has 1 saturated heterocycles. The van der Waals surface area contributed by atoms with E-state index in [0.717, 1.165) is 5.92 Å². The van der Waals surface area contributed by atoms with Gasteiger partial charge < -0.3 is 9.80 Å². The largest absolute Gasteiger partial charge is 0.301 e. The lowest BCUT2D eigenvalue weighted by atomic mass is 10.1. The first-order chi connectivity index (χ1) is 9.88. The van der Waals surface area contributed by atoms with E-state index in [4.69, 9.17) is 0 Å². The third-order valence-corrected chi connectivity index (χ3v) is 5.35. The van der Waals surface area contributed by atoms with E-state index in [2.05, 4.69) is 25.7 Å². The standard InChI is InChI=1S/C17H33BrN2/c18-10-6-4-2-1-3-5-7-11-19-12-14-20(15-13-19)16-17-8-9-17/h17H,1-16H2. The van der Waals surface area contributed by atoms with Crippen LogP contribution in [0, 0.1) is 5.92 Å². The molecule has 20 heavy (non-hydrogen) atoms. The van der Waals surface area contributed by atoms with Gasteiger partial charge in [0.1, 0.15) is 0 Å². The van der Waals surface area contributed by atoms with E-state index < -0.39 is 0 Å². The summed E-state index contributed by atoms with van der Waals surface area (Å²) in [5, 5.41) is 1.18. The molecule has 0 amide bonds. The molecule has 0 N–H and O–H groups in total. The topological polar surface area (TPSA) is 6.48 Å². The number of piperazine rings is 1. The summed E-state index contributed by atoms with van der Waals surface area (Å²) in [5.74, 6) is 1.06. The highest BCUT2D eigenvalue weighted by Crippen LogP contribution is 2.29. The van der Waals surface area contributed by atoms with Gasteiger partial charge in [-0.15, -0.1) is 0 Å². The Morgan fingerprint density at radius 1 is 0.700 bits per heavy atom. The van der Waals surface area contributed by atoms with E-state index in [1.54, 1.807) is 0 Å². The Hall–Kier alpha value is 0.400. The molecule has 2 rings (SSSR count). The quantitative estimate of drug-likeness (QED) is 0.410. The molecule has 0 unspecified atom stereocenters. The van der Waals surface area contributed by atoms with Gasteiger partial charge in [0.25, 0.3) is 0 Å². The van der Waals surface area contributed by atoms with Crippen molar-refractivity contribution >= 4 is 15.9 Å². The fourth-order valence-electron chi connectivity index (χ4n) is 3.17. The summed E-state index contributed by atoms with van der Waals surface area (Å²) in [6.07, 6.45) is 12.9. The number of unbranched alkanes of at least 4 members (excludes halogenated alkanes) is 6. The van der Waals surface area contributed by atoms with Crippen LogP contribution in [0.25, 0.3) is 0 Å². The number of halogens is 1. The Labute approximate surface area is 134 Å². The predicted octanol–water partition coefficient (Wildman–Crippen LogP) is 4.14. The van der Waals surface area contributed by atoms with Crippen LogP contribution in [0.5, 0.6) is 0 Å². The van der Waals surface area contributed by atoms with Crippen molar-refractivity contribution in [2.45, 2.75) is 57.8 Å². The molecule has 2 aliphatic rings. The molecule has 0 atom stereocenters. The maximum atomic E-state index is 3.50. The van der Waals surface area contributed by atoms with Gasteiger partial charge in [0.15, 0.2) is 0 Å². The van der Waals surface area contributed by atoms with Gasteiger partial charge in [-0.1, -0.05) is 48.0 Å². The Kier molecular flexibility index (Phi) is 8.53. The average molecular weight is 345 g/mol. The molecule has 118 valence electrons. The molecular weight excluding hydrogens is 312 g/mol. The molecule has 0 aromatic heterocycles. The molecule has 0 spiro atoms. The van der Waals surface area contributed by atoms with E-state index in [1.165, 1.54) is 102 Å². The second-order valence-electron chi connectivity index (χ2n) is 6.75. The fourth-order valence-corrected chi connectivity index (χ4v) is 3.57. The highest BCUT2D eigenvalue weighted by molar-refractivity contribution is 9.09. The lowest BCUT2D eigenvalue weighted by Gasteiger charge is -2.34. The van der Waals surface area contributed by atoms with Gasteiger partial charge in [0, 0.05) is 38.1 Å². The highest BCUT2D eigenvalue weighted by atomic mass is 79.9. The van der Waals surface area contributed by atoms with Gasteiger partial charge in [-0.25, -0.2) is 0 Å². The normalized spacial score (nSPS) is 21.4. The van der Waals surface area contributed by atoms with Crippen molar-refractivity contribution in [2.24, 2.45) is 5.92 Å². The summed E-state index contributed by atoms with van der Waals surface area (Å²) in [4.78, 5) is 5.38. The summed E-state index contributed by atoms with van der Waals surface area (Å²) in [6, 6.07) is 0. The Balaban J connectivity index is 1.37. The van der Waals surface area contributed by atoms with Crippen LogP contribution in [0.15, 0.2) is 0 Å². The van der Waals surface area contributed by atoms with Crippen molar-refractivity contribution in [3.63, 3.8) is 0 Å². The van der Waals surface area contributed by atoms with Crippen molar-refractivity contribution < 1.29 is 0 Å². The molecule has 2 nitrogen and oxygen atoms in total. The molecule has 1 saturated carbocycles. The Morgan fingerprint density at radius 2 is 1.25 bits per heavy atom. The molecule has 0 radical (unpaired) electrons. The van der Waals surface area contributed by atoms with Crippen molar-refractivity contribution in [1.29, 1.82) is 0 Å². The summed E-state index contributed by atoms with van der Waals surface area (Å²) < 4.78 is 0. The molecule has 3 heteroatoms. The van der Waals surface area contributed by atoms with Crippen molar-refractivity contribution in [1.82, 2.24) is 9.80 Å². The molecule has 0 aromatic carbocycles. The fraction of sp³-hybridized carbons (Fsp3) is 1.00. The second kappa shape index (κ2) is 10.2. The first-order valence-corrected chi connectivity index (χ1v) is 10.0. The Morgan fingerprint density at radius 3 is 1.85 bits per heavy atom. The van der Waals surface area contributed by atoms with Crippen LogP contribution in [0.2, 0.25) is 0 Å². The zero-order valence-electron chi connectivity index (χ0n) is 13.2. The van der Waals surface area contributed by atoms with Gasteiger partial charge in [0.05, 0.1) is 0 Å². The first kappa shape index (κ1) is 16.8. The monoisotopic (exact) mass is 344 g/mol. The third kappa shape index (κ3) is 7.42. The molecule has 0 bridgehead atoms. The van der Waals surface area contributed by atoms with E-state index in [9.17, 15) is 0 Å². The van der Waals surface area contributed by atoms with Gasteiger partial charge in [0.2, 0.25) is 0 Å². The maximum absolute atomic E-state index is 3.50. The molecule has 1 aliphatic carbocycles. The van der Waals surface area contributed by atoms with E-state index >= 15 is 0 Å². The van der Waals surface area contributed by atoms with Crippen molar-refractivity contribution in [2.75, 3.05) is 44.6 Å². The van der Waals surface area contributed by atoms with Gasteiger partial charge in [-0.2, -0.15) is 0 Å². The van der Waals surface area contributed by atoms with Gasteiger partial charge >= 0.3 is 0 Å². The summed E-state index contributed by atoms with van der Waals surface area (Å²) in [6.45, 7) is 8.02. The van der Waals surface area contributed by atoms with E-state index in [1.807, 2.05) is 0 Å². The third-order valence-electron chi connectivity index (χ3n) is 4.79. The van der Waals surface area contributed by atoms with Crippen LogP contribution < -0.4 is 0 Å². The van der Waals surface area contributed by atoms with Crippen LogP contribution in [0.4, 0.5) is 0 Å². The zero-order chi connectivity index (χ0) is 14.0. The SMILES string of the molecule is BrCCCCCCCCCN1CCN(CC2CC2)CC1. The van der Waals surface area contributed by atoms with Crippen molar-refractivity contribution in [3.8, 4) is 0 Å². The second-order valence-corrected chi connectivity index (χ2v) is 7.54. The summed E-state index contributed by atoms with van der Waals surface area (Å²) in [5.41, 5.74) is 0. The van der Waals surface area contributed by atoms with Crippen LogP contribution in [0.3, 0.4) is 0 Å². The number of hydrogen-bond acceptors (Lipinski definition) is 2. The highest BCUT2D eigenvalue weighted by Gasteiger charge is 2.26. The molecule has 0 aromatic rings. The molecule has 1 heterocycles. The molecular formula is C17H33BrN2. The number of hydrogen-bond donors (Lipinski definition) is 0. The van der Waals surface area contributed by atoms with Crippen molar-refractivity contribution in [3.05, 3.63) is 0 Å². The minimum absolute atomic E-state index is 1.06. The molecule has 2 fully saturated rings. The molecule has 1 aliphatic heterocycles. The summed E-state index contributed by atoms with van der Waals surface area (Å²) >= 11 is 3.50. The van der Waals surface area contributed by atoms with Crippen LogP contribution in [0.1, 0.15) is 57.8 Å². The minimum atomic E-state index is 1.06. The lowest BCUT2D eigenvalue weighted by Crippen LogP contribution is -2.47. The first-order valence-electron chi connectivity index (χ1n) is 8.89. The van der Waals surface area contributed by atoms with E-state index in [0.29, 0.717) is 0 Å². The minimum Gasteiger partial charge on any atom is -0.301 e. The zero-order valence-corrected chi connectivity index (χ0v) is 14.7. The number of nitrogens with zero attached hydrogens (tertiary/aromatic N) is 2. The van der Waals surface area contributed by atoms with Crippen LogP contribution in [-0.4, -0.2) is 54.4 Å². The van der Waals surface area contributed by atoms with Crippen LogP contribution >= 0.6 is 15.9 Å². The predicted molar refractivity (Wildman–Crippen MR) is 91.7 cm³/mol.